The van der Waals surface area contributed by atoms with E-state index in [0.717, 1.165) is 12.5 Å². The van der Waals surface area contributed by atoms with Crippen LogP contribution in [0.1, 0.15) is 36.5 Å². The van der Waals surface area contributed by atoms with E-state index < -0.39 is 11.7 Å². The summed E-state index contributed by atoms with van der Waals surface area (Å²) >= 11 is 0. The average molecular weight is 251 g/mol. The Labute approximate surface area is 106 Å². The Morgan fingerprint density at radius 3 is 2.89 bits per heavy atom. The van der Waals surface area contributed by atoms with Crippen molar-refractivity contribution in [3.8, 4) is 5.75 Å². The first-order chi connectivity index (χ1) is 8.58. The molecule has 0 spiro atoms. The highest BCUT2D eigenvalue weighted by Crippen LogP contribution is 2.30. The van der Waals surface area contributed by atoms with Gasteiger partial charge in [-0.05, 0) is 30.4 Å². The molecule has 98 valence electrons. The molecule has 2 N–H and O–H groups in total. The summed E-state index contributed by atoms with van der Waals surface area (Å²) in [5, 5.41) is 11.9. The van der Waals surface area contributed by atoms with Crippen LogP contribution in [0.5, 0.6) is 5.75 Å². The first-order valence-corrected chi connectivity index (χ1v) is 6.34. The van der Waals surface area contributed by atoms with Crippen LogP contribution in [0.2, 0.25) is 0 Å². The molecule has 1 saturated carbocycles. The number of halogens is 1. The highest BCUT2D eigenvalue weighted by atomic mass is 19.1. The van der Waals surface area contributed by atoms with Gasteiger partial charge in [0.1, 0.15) is 11.6 Å². The van der Waals surface area contributed by atoms with Gasteiger partial charge < -0.3 is 10.4 Å². The lowest BCUT2D eigenvalue weighted by Crippen LogP contribution is -2.30. The summed E-state index contributed by atoms with van der Waals surface area (Å²) in [6.07, 6.45) is 3.53. The molecule has 4 heteroatoms. The fraction of sp³-hybridized carbons (Fsp3) is 0.500. The van der Waals surface area contributed by atoms with Gasteiger partial charge in [-0.15, -0.1) is 0 Å². The van der Waals surface area contributed by atoms with Gasteiger partial charge in [0.2, 0.25) is 0 Å². The average Bonchev–Trinajstić information content (AvgIpc) is 2.72. The summed E-state index contributed by atoms with van der Waals surface area (Å²) in [5.74, 6) is -0.156. The summed E-state index contributed by atoms with van der Waals surface area (Å²) in [4.78, 5) is 11.8. The van der Waals surface area contributed by atoms with Crippen molar-refractivity contribution in [2.24, 2.45) is 11.8 Å². The minimum absolute atomic E-state index is 0.0153. The summed E-state index contributed by atoms with van der Waals surface area (Å²) in [7, 11) is 0. The predicted molar refractivity (Wildman–Crippen MR) is 66.9 cm³/mol. The molecule has 0 aromatic heterocycles. The molecule has 1 aromatic rings. The number of phenols is 1. The topological polar surface area (TPSA) is 49.3 Å². The largest absolute Gasteiger partial charge is 0.508 e. The van der Waals surface area contributed by atoms with Crippen molar-refractivity contribution in [1.29, 1.82) is 0 Å². The van der Waals surface area contributed by atoms with E-state index >= 15 is 0 Å². The van der Waals surface area contributed by atoms with Crippen molar-refractivity contribution < 1.29 is 14.3 Å². The normalized spacial score (nSPS) is 23.0. The first kappa shape index (κ1) is 12.9. The maximum Gasteiger partial charge on any atom is 0.254 e. The molecule has 0 bridgehead atoms. The van der Waals surface area contributed by atoms with Crippen LogP contribution < -0.4 is 5.32 Å². The van der Waals surface area contributed by atoms with Crippen molar-refractivity contribution in [2.45, 2.75) is 26.2 Å². The Balaban J connectivity index is 1.95. The van der Waals surface area contributed by atoms with Gasteiger partial charge in [0.15, 0.2) is 0 Å². The maximum atomic E-state index is 13.5. The smallest absolute Gasteiger partial charge is 0.254 e. The summed E-state index contributed by atoms with van der Waals surface area (Å²) in [5.41, 5.74) is -0.0153. The number of carbonyl (C=O) groups excluding carboxylic acids is 1. The minimum Gasteiger partial charge on any atom is -0.508 e. The van der Waals surface area contributed by atoms with Gasteiger partial charge in [-0.1, -0.05) is 19.8 Å². The van der Waals surface area contributed by atoms with Crippen LogP contribution in [0.25, 0.3) is 0 Å². The van der Waals surface area contributed by atoms with Gasteiger partial charge in [0.05, 0.1) is 5.56 Å². The SMILES string of the molecule is CC1CCCC1CNC(=O)c1ccc(O)cc1F. The van der Waals surface area contributed by atoms with Crippen LogP contribution in [-0.4, -0.2) is 17.6 Å². The Hall–Kier alpha value is -1.58. The van der Waals surface area contributed by atoms with Crippen LogP contribution >= 0.6 is 0 Å². The molecule has 2 atom stereocenters. The van der Waals surface area contributed by atoms with Crippen molar-refractivity contribution in [2.75, 3.05) is 6.54 Å². The van der Waals surface area contributed by atoms with Crippen molar-refractivity contribution in [3.63, 3.8) is 0 Å². The molecule has 2 unspecified atom stereocenters. The summed E-state index contributed by atoms with van der Waals surface area (Å²) < 4.78 is 13.5. The van der Waals surface area contributed by atoms with Gasteiger partial charge >= 0.3 is 0 Å². The molecule has 0 saturated heterocycles. The number of aromatic hydroxyl groups is 1. The van der Waals surface area contributed by atoms with E-state index in [-0.39, 0.29) is 11.3 Å². The van der Waals surface area contributed by atoms with Crippen molar-refractivity contribution in [1.82, 2.24) is 5.32 Å². The predicted octanol–water partition coefficient (Wildman–Crippen LogP) is 2.70. The summed E-state index contributed by atoms with van der Waals surface area (Å²) in [6, 6.07) is 3.57. The highest BCUT2D eigenvalue weighted by Gasteiger charge is 2.24. The first-order valence-electron chi connectivity index (χ1n) is 6.34. The Bertz CT molecular complexity index is 447. The fourth-order valence-electron chi connectivity index (χ4n) is 2.53. The van der Waals surface area contributed by atoms with Gasteiger partial charge in [-0.2, -0.15) is 0 Å². The lowest BCUT2D eigenvalue weighted by atomic mass is 9.98. The number of carbonyl (C=O) groups is 1. The van der Waals surface area contributed by atoms with Gasteiger partial charge in [-0.3, -0.25) is 4.79 Å². The number of benzene rings is 1. The van der Waals surface area contributed by atoms with Crippen LogP contribution in [0, 0.1) is 17.7 Å². The van der Waals surface area contributed by atoms with E-state index in [1.807, 2.05) is 0 Å². The molecule has 0 aliphatic heterocycles. The van der Waals surface area contributed by atoms with Crippen molar-refractivity contribution >= 4 is 5.91 Å². The standard InChI is InChI=1S/C14H18FNO2/c1-9-3-2-4-10(9)8-16-14(18)12-6-5-11(17)7-13(12)15/h5-7,9-10,17H,2-4,8H2,1H3,(H,16,18). The number of hydrogen-bond acceptors (Lipinski definition) is 2. The van der Waals surface area contributed by atoms with Crippen LogP contribution in [-0.2, 0) is 0 Å². The van der Waals surface area contributed by atoms with Crippen molar-refractivity contribution in [3.05, 3.63) is 29.6 Å². The van der Waals surface area contributed by atoms with Crippen LogP contribution in [0.4, 0.5) is 4.39 Å². The zero-order valence-electron chi connectivity index (χ0n) is 10.4. The van der Waals surface area contributed by atoms with E-state index in [0.29, 0.717) is 18.4 Å². The summed E-state index contributed by atoms with van der Waals surface area (Å²) in [6.45, 7) is 2.78. The molecular formula is C14H18FNO2. The number of nitrogens with one attached hydrogen (secondary N) is 1. The van der Waals surface area contributed by atoms with E-state index in [9.17, 15) is 9.18 Å². The molecule has 18 heavy (non-hydrogen) atoms. The molecule has 1 amide bonds. The Kier molecular flexibility index (Phi) is 3.84. The quantitative estimate of drug-likeness (QED) is 0.867. The fourth-order valence-corrected chi connectivity index (χ4v) is 2.53. The monoisotopic (exact) mass is 251 g/mol. The second-order valence-electron chi connectivity index (χ2n) is 5.04. The van der Waals surface area contributed by atoms with E-state index in [1.54, 1.807) is 0 Å². The lowest BCUT2D eigenvalue weighted by Gasteiger charge is -2.16. The number of rotatable bonds is 3. The molecule has 3 nitrogen and oxygen atoms in total. The molecular weight excluding hydrogens is 233 g/mol. The highest BCUT2D eigenvalue weighted by molar-refractivity contribution is 5.94. The Morgan fingerprint density at radius 1 is 1.50 bits per heavy atom. The molecule has 1 aromatic carbocycles. The van der Waals surface area contributed by atoms with Crippen LogP contribution in [0.3, 0.4) is 0 Å². The maximum absolute atomic E-state index is 13.5. The Morgan fingerprint density at radius 2 is 2.28 bits per heavy atom. The molecule has 1 aliphatic carbocycles. The third-order valence-corrected chi connectivity index (χ3v) is 3.76. The number of phenolic OH excluding ortho intramolecular Hbond substituents is 1. The van der Waals surface area contributed by atoms with Crippen LogP contribution in [0.15, 0.2) is 18.2 Å². The molecule has 0 heterocycles. The van der Waals surface area contributed by atoms with E-state index in [2.05, 4.69) is 12.2 Å². The third kappa shape index (κ3) is 2.81. The lowest BCUT2D eigenvalue weighted by molar-refractivity contribution is 0.0940. The zero-order valence-corrected chi connectivity index (χ0v) is 10.4. The zero-order chi connectivity index (χ0) is 13.1. The van der Waals surface area contributed by atoms with Gasteiger partial charge in [-0.25, -0.2) is 4.39 Å². The van der Waals surface area contributed by atoms with Gasteiger partial charge in [0, 0.05) is 12.6 Å². The third-order valence-electron chi connectivity index (χ3n) is 3.76. The van der Waals surface area contributed by atoms with E-state index in [4.69, 9.17) is 5.11 Å². The number of hydrogen-bond donors (Lipinski definition) is 2. The minimum atomic E-state index is -0.688. The number of amides is 1. The molecule has 1 fully saturated rings. The van der Waals surface area contributed by atoms with Gasteiger partial charge in [0.25, 0.3) is 5.91 Å². The van der Waals surface area contributed by atoms with E-state index in [1.165, 1.54) is 25.0 Å². The molecule has 2 rings (SSSR count). The second kappa shape index (κ2) is 5.38. The second-order valence-corrected chi connectivity index (χ2v) is 5.04. The molecule has 0 radical (unpaired) electrons. The molecule has 1 aliphatic rings.